The standard InChI is InChI=1S/C14H15N3O.C10H15.ClH.Ir/c1-17(2)12-8-6-11(7-9-12)16-14(18)13-5-3-4-10-15-13;1-7-6-10(4,5)9(3)8(7)2;;/h3-10H,1-2H3,(H,16,18);1-5H3;1H;/q;-1;;+3/p-2. The quantitative estimate of drug-likeness (QED) is 0.363. The number of benzene rings is 1. The molecule has 4 nitrogen and oxygen atoms in total. The first-order valence-corrected chi connectivity index (χ1v) is 12.5. The molecule has 1 aliphatic carbocycles. The number of aromatic nitrogens is 1. The molecule has 1 aromatic heterocycles. The van der Waals surface area contributed by atoms with Crippen LogP contribution in [0.4, 0.5) is 11.4 Å². The number of rotatable bonds is 3. The Hall–Kier alpha value is -1.94. The summed E-state index contributed by atoms with van der Waals surface area (Å²) in [5.41, 5.74) is 6.45. The molecule has 0 radical (unpaired) electrons. The number of allylic oxidation sites excluding steroid dienone is 4. The van der Waals surface area contributed by atoms with Gasteiger partial charge in [0.1, 0.15) is 5.91 Å². The molecule has 1 heterocycles. The van der Waals surface area contributed by atoms with Crippen LogP contribution in [0.3, 0.4) is 0 Å². The van der Waals surface area contributed by atoms with E-state index >= 15 is 0 Å². The number of anilines is 1. The zero-order valence-corrected chi connectivity index (χ0v) is 21.7. The van der Waals surface area contributed by atoms with Crippen LogP contribution in [0, 0.1) is 11.5 Å². The van der Waals surface area contributed by atoms with E-state index < -0.39 is 0 Å². The van der Waals surface area contributed by atoms with Crippen LogP contribution in [-0.2, 0) is 17.9 Å². The van der Waals surface area contributed by atoms with Crippen LogP contribution >= 0.6 is 9.58 Å². The summed E-state index contributed by atoms with van der Waals surface area (Å²) in [5.74, 6) is -0.326. The van der Waals surface area contributed by atoms with Gasteiger partial charge >= 0.3 is 27.5 Å². The van der Waals surface area contributed by atoms with E-state index in [0.717, 1.165) is 5.69 Å². The van der Waals surface area contributed by atoms with Gasteiger partial charge in [0.05, 0.1) is 5.69 Å². The zero-order chi connectivity index (χ0) is 22.9. The maximum absolute atomic E-state index is 11.8. The summed E-state index contributed by atoms with van der Waals surface area (Å²) in [4.78, 5) is 17.8. The van der Waals surface area contributed by atoms with Gasteiger partial charge in [-0.1, -0.05) is 51.3 Å². The summed E-state index contributed by atoms with van der Waals surface area (Å²) in [6.07, 6.45) is 5.02. The van der Waals surface area contributed by atoms with E-state index in [2.05, 4.69) is 60.6 Å². The summed E-state index contributed by atoms with van der Waals surface area (Å²) < 4.78 is 0. The third kappa shape index (κ3) is 7.39. The molecular weight excluding hydrogens is 574 g/mol. The molecule has 0 spiro atoms. The van der Waals surface area contributed by atoms with Crippen molar-refractivity contribution in [3.63, 3.8) is 0 Å². The van der Waals surface area contributed by atoms with Gasteiger partial charge in [0, 0.05) is 26.0 Å². The van der Waals surface area contributed by atoms with Gasteiger partial charge in [0.2, 0.25) is 0 Å². The number of hydrogen-bond donors (Lipinski definition) is 0. The van der Waals surface area contributed by atoms with Gasteiger partial charge in [-0.2, -0.15) is 11.1 Å². The SMILES string of the molecule is CC1=[C-]C(C)(C)C(C)=C1C.CN(C)c1ccc([N-]C(=O)c2ccccn2)cc1.[Cl][Ir+2]. The summed E-state index contributed by atoms with van der Waals surface area (Å²) in [5, 5.41) is 4.01. The van der Waals surface area contributed by atoms with E-state index in [1.165, 1.54) is 34.6 Å². The van der Waals surface area contributed by atoms with Crippen LogP contribution in [0.25, 0.3) is 5.32 Å². The van der Waals surface area contributed by atoms with E-state index in [1.807, 2.05) is 43.3 Å². The Labute approximate surface area is 195 Å². The third-order valence-electron chi connectivity index (χ3n) is 5.04. The molecule has 1 aromatic carbocycles. The van der Waals surface area contributed by atoms with Crippen LogP contribution < -0.4 is 4.90 Å². The predicted octanol–water partition coefficient (Wildman–Crippen LogP) is 6.79. The van der Waals surface area contributed by atoms with Crippen molar-refractivity contribution in [1.29, 1.82) is 0 Å². The van der Waals surface area contributed by atoms with Gasteiger partial charge in [0.25, 0.3) is 0 Å². The fourth-order valence-electron chi connectivity index (χ4n) is 2.90. The van der Waals surface area contributed by atoms with Gasteiger partial charge in [-0.3, -0.25) is 11.1 Å². The number of hydrogen-bond acceptors (Lipinski definition) is 3. The van der Waals surface area contributed by atoms with Crippen molar-refractivity contribution in [3.8, 4) is 0 Å². The van der Waals surface area contributed by atoms with Crippen LogP contribution in [0.5, 0.6) is 0 Å². The van der Waals surface area contributed by atoms with E-state index in [9.17, 15) is 4.79 Å². The molecule has 0 saturated carbocycles. The topological polar surface area (TPSA) is 47.3 Å². The molecule has 1 aliphatic rings. The van der Waals surface area contributed by atoms with Crippen LogP contribution in [-0.4, -0.2) is 25.0 Å². The first kappa shape index (κ1) is 26.1. The first-order chi connectivity index (χ1) is 14.1. The van der Waals surface area contributed by atoms with E-state index in [4.69, 9.17) is 0 Å². The summed E-state index contributed by atoms with van der Waals surface area (Å²) in [6, 6.07) is 12.7. The summed E-state index contributed by atoms with van der Waals surface area (Å²) in [6.45, 7) is 10.9. The number of amides is 1. The van der Waals surface area contributed by atoms with Crippen molar-refractivity contribution in [3.05, 3.63) is 82.5 Å². The Morgan fingerprint density at radius 1 is 1.07 bits per heavy atom. The predicted molar refractivity (Wildman–Crippen MR) is 123 cm³/mol. The Morgan fingerprint density at radius 3 is 2.03 bits per heavy atom. The summed E-state index contributed by atoms with van der Waals surface area (Å²) >= 11 is 1.47. The first-order valence-electron chi connectivity index (χ1n) is 9.49. The van der Waals surface area contributed by atoms with Crippen molar-refractivity contribution in [2.45, 2.75) is 34.6 Å². The molecular formula is C24H29ClIrN3O. The second kappa shape index (κ2) is 12.0. The van der Waals surface area contributed by atoms with Crippen molar-refractivity contribution in [1.82, 2.24) is 4.98 Å². The normalized spacial score (nSPS) is 14.0. The molecule has 2 aromatic rings. The van der Waals surface area contributed by atoms with Gasteiger partial charge in [-0.15, -0.1) is 12.6 Å². The van der Waals surface area contributed by atoms with Gasteiger partial charge in [-0.25, -0.2) is 5.57 Å². The Morgan fingerprint density at radius 2 is 1.67 bits per heavy atom. The number of nitrogens with zero attached hydrogens (tertiary/aromatic N) is 3. The molecule has 6 heteroatoms. The van der Waals surface area contributed by atoms with Gasteiger partial charge in [0.15, 0.2) is 0 Å². The fourth-order valence-corrected chi connectivity index (χ4v) is 2.90. The molecule has 0 aliphatic heterocycles. The van der Waals surface area contributed by atoms with Crippen molar-refractivity contribution in [2.24, 2.45) is 5.41 Å². The minimum atomic E-state index is -0.326. The van der Waals surface area contributed by atoms with E-state index in [0.29, 0.717) is 11.4 Å². The van der Waals surface area contributed by atoms with Crippen LogP contribution in [0.15, 0.2) is 65.4 Å². The molecule has 1 amide bonds. The van der Waals surface area contributed by atoms with E-state index in [-0.39, 0.29) is 11.3 Å². The minimum absolute atomic E-state index is 0.189. The number of carbonyl (C=O) groups is 1. The van der Waals surface area contributed by atoms with Crippen LogP contribution in [0.2, 0.25) is 0 Å². The van der Waals surface area contributed by atoms with Crippen molar-refractivity contribution in [2.75, 3.05) is 19.0 Å². The zero-order valence-electron chi connectivity index (χ0n) is 18.6. The average molecular weight is 603 g/mol. The molecule has 0 saturated heterocycles. The number of carbonyl (C=O) groups excluding carboxylic acids is 1. The maximum atomic E-state index is 11.8. The Kier molecular flexibility index (Phi) is 10.5. The van der Waals surface area contributed by atoms with Crippen LogP contribution in [0.1, 0.15) is 45.1 Å². The summed E-state index contributed by atoms with van der Waals surface area (Å²) in [7, 11) is 8.57. The third-order valence-corrected chi connectivity index (χ3v) is 5.04. The molecule has 0 bridgehead atoms. The molecule has 3 rings (SSSR count). The Bertz CT molecular complexity index is 888. The second-order valence-electron chi connectivity index (χ2n) is 7.67. The van der Waals surface area contributed by atoms with Gasteiger partial charge in [-0.05, 0) is 24.3 Å². The Balaban J connectivity index is 0.000000318. The molecule has 0 fully saturated rings. The monoisotopic (exact) mass is 603 g/mol. The molecule has 30 heavy (non-hydrogen) atoms. The average Bonchev–Trinajstić information content (AvgIpc) is 2.92. The van der Waals surface area contributed by atoms with E-state index in [1.54, 1.807) is 24.4 Å². The van der Waals surface area contributed by atoms with Crippen molar-refractivity contribution < 1.29 is 22.7 Å². The molecule has 0 atom stereocenters. The molecule has 162 valence electrons. The molecule has 0 N–H and O–H groups in total. The van der Waals surface area contributed by atoms with Gasteiger partial charge < -0.3 is 15.0 Å². The second-order valence-corrected chi connectivity index (χ2v) is 7.67. The van der Waals surface area contributed by atoms with Crippen molar-refractivity contribution >= 4 is 26.9 Å². The number of pyridine rings is 1. The number of halogens is 1. The molecule has 0 unspecified atom stereocenters. The fraction of sp³-hybridized carbons (Fsp3) is 0.333.